The Morgan fingerprint density at radius 2 is 1.72 bits per heavy atom. The van der Waals surface area contributed by atoms with Crippen LogP contribution in [0, 0.1) is 13.8 Å². The minimum absolute atomic E-state index is 0.0416. The van der Waals surface area contributed by atoms with E-state index in [1.807, 2.05) is 60.7 Å². The molecular weight excluding hydrogens is 400 g/mol. The highest BCUT2D eigenvalue weighted by Crippen LogP contribution is 2.27. The zero-order valence-electron chi connectivity index (χ0n) is 18.5. The van der Waals surface area contributed by atoms with Crippen molar-refractivity contribution in [2.24, 2.45) is 0 Å². The molecule has 0 bridgehead atoms. The molecule has 5 heteroatoms. The van der Waals surface area contributed by atoms with Gasteiger partial charge in [-0.2, -0.15) is 0 Å². The number of carbonyl (C=O) groups is 1. The second-order valence-electron chi connectivity index (χ2n) is 7.78. The first-order valence-corrected chi connectivity index (χ1v) is 10.6. The van der Waals surface area contributed by atoms with E-state index in [4.69, 9.17) is 9.47 Å². The van der Waals surface area contributed by atoms with Gasteiger partial charge in [0.15, 0.2) is 0 Å². The SMILES string of the molecule is Cc1cccc([C@H](C)c2nccn2C(=O)OCc2cccc(Oc3ccccc3)c2)c1C. The number of para-hydroxylation sites is 1. The Morgan fingerprint density at radius 3 is 2.53 bits per heavy atom. The molecule has 32 heavy (non-hydrogen) atoms. The highest BCUT2D eigenvalue weighted by atomic mass is 16.5. The van der Waals surface area contributed by atoms with Gasteiger partial charge >= 0.3 is 6.09 Å². The van der Waals surface area contributed by atoms with Crippen LogP contribution in [0.1, 0.15) is 40.9 Å². The maximum absolute atomic E-state index is 12.8. The third-order valence-electron chi connectivity index (χ3n) is 5.61. The lowest BCUT2D eigenvalue weighted by atomic mass is 9.93. The molecule has 4 rings (SSSR count). The van der Waals surface area contributed by atoms with Gasteiger partial charge in [0.1, 0.15) is 23.9 Å². The Morgan fingerprint density at radius 1 is 0.969 bits per heavy atom. The maximum Gasteiger partial charge on any atom is 0.419 e. The highest BCUT2D eigenvalue weighted by molar-refractivity contribution is 5.71. The number of imidazole rings is 1. The molecule has 3 aromatic carbocycles. The van der Waals surface area contributed by atoms with Gasteiger partial charge in [0.25, 0.3) is 0 Å². The number of aryl methyl sites for hydroxylation is 1. The van der Waals surface area contributed by atoms with Crippen LogP contribution in [0.25, 0.3) is 0 Å². The molecule has 0 fully saturated rings. The number of ether oxygens (including phenoxy) is 2. The van der Waals surface area contributed by atoms with Crippen molar-refractivity contribution < 1.29 is 14.3 Å². The molecule has 162 valence electrons. The summed E-state index contributed by atoms with van der Waals surface area (Å²) >= 11 is 0. The molecule has 0 aliphatic heterocycles. The Kier molecular flexibility index (Phi) is 6.36. The van der Waals surface area contributed by atoms with Gasteiger partial charge in [-0.3, -0.25) is 0 Å². The fourth-order valence-electron chi connectivity index (χ4n) is 3.71. The number of aromatic nitrogens is 2. The van der Waals surface area contributed by atoms with Gasteiger partial charge in [-0.05, 0) is 60.4 Å². The normalized spacial score (nSPS) is 11.7. The van der Waals surface area contributed by atoms with Crippen LogP contribution in [0.15, 0.2) is 85.2 Å². The molecule has 0 saturated carbocycles. The molecule has 1 heterocycles. The summed E-state index contributed by atoms with van der Waals surface area (Å²) in [6, 6.07) is 23.3. The van der Waals surface area contributed by atoms with Crippen molar-refractivity contribution in [1.82, 2.24) is 9.55 Å². The van der Waals surface area contributed by atoms with Gasteiger partial charge < -0.3 is 9.47 Å². The van der Waals surface area contributed by atoms with Gasteiger partial charge in [-0.15, -0.1) is 0 Å². The zero-order valence-corrected chi connectivity index (χ0v) is 18.5. The molecule has 0 amide bonds. The number of benzene rings is 3. The summed E-state index contributed by atoms with van der Waals surface area (Å²) in [6.07, 6.45) is 2.82. The first kappa shape index (κ1) is 21.4. The van der Waals surface area contributed by atoms with Crippen molar-refractivity contribution in [3.8, 4) is 11.5 Å². The van der Waals surface area contributed by atoms with Gasteiger partial charge in [0.05, 0.1) is 0 Å². The van der Waals surface area contributed by atoms with E-state index in [1.165, 1.54) is 15.7 Å². The first-order valence-electron chi connectivity index (χ1n) is 10.6. The number of hydrogen-bond acceptors (Lipinski definition) is 4. The lowest BCUT2D eigenvalue weighted by molar-refractivity contribution is 0.140. The van der Waals surface area contributed by atoms with Crippen LogP contribution < -0.4 is 4.74 Å². The van der Waals surface area contributed by atoms with Gasteiger partial charge in [0, 0.05) is 18.3 Å². The molecule has 0 aliphatic rings. The molecule has 0 spiro atoms. The van der Waals surface area contributed by atoms with Crippen LogP contribution in [0.4, 0.5) is 4.79 Å². The van der Waals surface area contributed by atoms with Crippen molar-refractivity contribution in [2.75, 3.05) is 0 Å². The molecule has 5 nitrogen and oxygen atoms in total. The van der Waals surface area contributed by atoms with E-state index in [9.17, 15) is 4.79 Å². The van der Waals surface area contributed by atoms with Crippen LogP contribution in [-0.4, -0.2) is 15.6 Å². The van der Waals surface area contributed by atoms with E-state index >= 15 is 0 Å². The largest absolute Gasteiger partial charge is 0.457 e. The number of nitrogens with zero attached hydrogens (tertiary/aromatic N) is 2. The summed E-state index contributed by atoms with van der Waals surface area (Å²) in [5.41, 5.74) is 4.41. The van der Waals surface area contributed by atoms with Crippen molar-refractivity contribution in [2.45, 2.75) is 33.3 Å². The Balaban J connectivity index is 1.45. The third kappa shape index (κ3) is 4.72. The quantitative estimate of drug-likeness (QED) is 0.347. The summed E-state index contributed by atoms with van der Waals surface area (Å²) in [5.74, 6) is 2.06. The highest BCUT2D eigenvalue weighted by Gasteiger charge is 2.20. The Labute approximate surface area is 188 Å². The average molecular weight is 427 g/mol. The second-order valence-corrected chi connectivity index (χ2v) is 7.78. The minimum Gasteiger partial charge on any atom is -0.457 e. The average Bonchev–Trinajstić information content (AvgIpc) is 3.30. The molecule has 0 unspecified atom stereocenters. The summed E-state index contributed by atoms with van der Waals surface area (Å²) in [4.78, 5) is 17.3. The third-order valence-corrected chi connectivity index (χ3v) is 5.61. The summed E-state index contributed by atoms with van der Waals surface area (Å²) < 4.78 is 12.9. The van der Waals surface area contributed by atoms with E-state index < -0.39 is 6.09 Å². The molecule has 0 radical (unpaired) electrons. The summed E-state index contributed by atoms with van der Waals surface area (Å²) in [5, 5.41) is 0. The van der Waals surface area contributed by atoms with E-state index in [0.29, 0.717) is 11.6 Å². The van der Waals surface area contributed by atoms with Crippen LogP contribution in [0.5, 0.6) is 11.5 Å². The fourth-order valence-corrected chi connectivity index (χ4v) is 3.71. The smallest absolute Gasteiger partial charge is 0.419 e. The molecule has 1 aromatic heterocycles. The van der Waals surface area contributed by atoms with Gasteiger partial charge in [-0.1, -0.05) is 55.5 Å². The number of rotatable bonds is 6. The molecule has 1 atom stereocenters. The predicted molar refractivity (Wildman–Crippen MR) is 124 cm³/mol. The molecular formula is C27H26N2O3. The van der Waals surface area contributed by atoms with Crippen molar-refractivity contribution in [3.63, 3.8) is 0 Å². The molecule has 0 aliphatic carbocycles. The predicted octanol–water partition coefficient (Wildman–Crippen LogP) is 6.63. The van der Waals surface area contributed by atoms with Crippen molar-refractivity contribution in [3.05, 3.63) is 113 Å². The molecule has 0 saturated heterocycles. The number of hydrogen-bond donors (Lipinski definition) is 0. The van der Waals surface area contributed by atoms with Crippen LogP contribution in [0.2, 0.25) is 0 Å². The van der Waals surface area contributed by atoms with Crippen LogP contribution >= 0.6 is 0 Å². The lowest BCUT2D eigenvalue weighted by Crippen LogP contribution is -2.18. The van der Waals surface area contributed by atoms with Gasteiger partial charge in [-0.25, -0.2) is 14.3 Å². The van der Waals surface area contributed by atoms with Crippen molar-refractivity contribution in [1.29, 1.82) is 0 Å². The van der Waals surface area contributed by atoms with E-state index in [1.54, 1.807) is 12.4 Å². The number of carbonyl (C=O) groups excluding carboxylic acids is 1. The Bertz CT molecular complexity index is 1210. The molecule has 4 aromatic rings. The van der Waals surface area contributed by atoms with E-state index in [-0.39, 0.29) is 12.5 Å². The summed E-state index contributed by atoms with van der Waals surface area (Å²) in [6.45, 7) is 6.37. The molecule has 0 N–H and O–H groups in total. The summed E-state index contributed by atoms with van der Waals surface area (Å²) in [7, 11) is 0. The van der Waals surface area contributed by atoms with E-state index in [0.717, 1.165) is 16.9 Å². The topological polar surface area (TPSA) is 53.4 Å². The first-order chi connectivity index (χ1) is 15.5. The monoisotopic (exact) mass is 426 g/mol. The van der Waals surface area contributed by atoms with Gasteiger partial charge in [0.2, 0.25) is 0 Å². The fraction of sp³-hybridized carbons (Fsp3) is 0.185. The Hall–Kier alpha value is -3.86. The van der Waals surface area contributed by atoms with E-state index in [2.05, 4.69) is 37.9 Å². The van der Waals surface area contributed by atoms with Crippen LogP contribution in [0.3, 0.4) is 0 Å². The maximum atomic E-state index is 12.8. The standard InChI is InChI=1S/C27H26N2O3/c1-19-9-7-14-25(20(19)2)21(3)26-28-15-16-29(26)27(30)31-18-22-10-8-13-24(17-22)32-23-11-5-4-6-12-23/h4-17,21H,18H2,1-3H3/t21-/m0/s1. The lowest BCUT2D eigenvalue weighted by Gasteiger charge is -2.17. The zero-order chi connectivity index (χ0) is 22.5. The van der Waals surface area contributed by atoms with Crippen molar-refractivity contribution >= 4 is 6.09 Å². The second kappa shape index (κ2) is 9.52. The minimum atomic E-state index is -0.455. The van der Waals surface area contributed by atoms with Crippen LogP contribution in [-0.2, 0) is 11.3 Å².